The Morgan fingerprint density at radius 3 is 2.50 bits per heavy atom. The number of unbranched alkanes of at least 4 members (excludes halogenated alkanes) is 1. The molecule has 0 bridgehead atoms. The molecular formula is C17H29NO4. The molecule has 0 N–H and O–H groups in total. The summed E-state index contributed by atoms with van der Waals surface area (Å²) in [5.74, 6) is 0.166. The van der Waals surface area contributed by atoms with Crippen LogP contribution < -0.4 is 0 Å². The number of piperidine rings is 2. The summed E-state index contributed by atoms with van der Waals surface area (Å²) in [5.41, 5.74) is 0. The van der Waals surface area contributed by atoms with Gasteiger partial charge in [-0.15, -0.1) is 0 Å². The lowest BCUT2D eigenvalue weighted by Crippen LogP contribution is -2.49. The van der Waals surface area contributed by atoms with E-state index in [2.05, 4.69) is 9.64 Å². The average molecular weight is 311 g/mol. The molecule has 22 heavy (non-hydrogen) atoms. The number of nitrogens with zero attached hydrogens (tertiary/aromatic N) is 1. The second-order valence-electron chi connectivity index (χ2n) is 6.47. The summed E-state index contributed by atoms with van der Waals surface area (Å²) in [4.78, 5) is 25.4. The molecule has 2 heterocycles. The van der Waals surface area contributed by atoms with Crippen LogP contribution in [0, 0.1) is 5.92 Å². The van der Waals surface area contributed by atoms with Crippen molar-refractivity contribution in [3.05, 3.63) is 0 Å². The minimum Gasteiger partial charge on any atom is -0.469 e. The maximum Gasteiger partial charge on any atom is 0.305 e. The van der Waals surface area contributed by atoms with Gasteiger partial charge in [0.25, 0.3) is 0 Å². The lowest BCUT2D eigenvalue weighted by molar-refractivity contribution is -0.147. The van der Waals surface area contributed by atoms with Gasteiger partial charge in [-0.1, -0.05) is 6.42 Å². The fourth-order valence-electron chi connectivity index (χ4n) is 3.68. The van der Waals surface area contributed by atoms with E-state index in [9.17, 15) is 9.59 Å². The summed E-state index contributed by atoms with van der Waals surface area (Å²) in [6.45, 7) is 2.99. The van der Waals surface area contributed by atoms with Crippen LogP contribution in [-0.4, -0.2) is 49.7 Å². The molecule has 0 aromatic rings. The number of carbonyl (C=O) groups is 2. The van der Waals surface area contributed by atoms with E-state index in [0.29, 0.717) is 44.2 Å². The number of ether oxygens (including phenoxy) is 2. The molecule has 2 fully saturated rings. The number of esters is 2. The van der Waals surface area contributed by atoms with Crippen LogP contribution in [0.4, 0.5) is 0 Å². The van der Waals surface area contributed by atoms with Gasteiger partial charge in [-0.25, -0.2) is 0 Å². The van der Waals surface area contributed by atoms with Crippen molar-refractivity contribution >= 4 is 11.9 Å². The highest BCUT2D eigenvalue weighted by molar-refractivity contribution is 5.70. The Hall–Kier alpha value is -1.10. The summed E-state index contributed by atoms with van der Waals surface area (Å²) in [6.07, 6.45) is 8.41. The molecule has 0 radical (unpaired) electrons. The van der Waals surface area contributed by atoms with Crippen molar-refractivity contribution in [2.24, 2.45) is 5.92 Å². The standard InChI is InChI=1S/C17H29NO4/c1-21-16(19)9-2-3-10-17(20)22-13-14-7-6-12-18-11-5-4-8-15(14)18/h14-15H,2-13H2,1H3. The Labute approximate surface area is 133 Å². The summed E-state index contributed by atoms with van der Waals surface area (Å²) in [7, 11) is 1.38. The summed E-state index contributed by atoms with van der Waals surface area (Å²) in [6, 6.07) is 0.620. The van der Waals surface area contributed by atoms with Crippen molar-refractivity contribution in [2.45, 2.75) is 63.8 Å². The molecule has 2 aliphatic heterocycles. The highest BCUT2D eigenvalue weighted by atomic mass is 16.5. The third kappa shape index (κ3) is 5.27. The van der Waals surface area contributed by atoms with Crippen LogP contribution in [0.1, 0.15) is 57.8 Å². The number of rotatable bonds is 7. The molecule has 126 valence electrons. The fourth-order valence-corrected chi connectivity index (χ4v) is 3.68. The van der Waals surface area contributed by atoms with E-state index in [1.807, 2.05) is 0 Å². The first-order chi connectivity index (χ1) is 10.7. The van der Waals surface area contributed by atoms with Crippen LogP contribution in [0.15, 0.2) is 0 Å². The van der Waals surface area contributed by atoms with Crippen LogP contribution >= 0.6 is 0 Å². The van der Waals surface area contributed by atoms with Gasteiger partial charge in [-0.05, 0) is 51.6 Å². The molecule has 5 nitrogen and oxygen atoms in total. The maximum atomic E-state index is 11.8. The molecule has 0 saturated carbocycles. The first kappa shape index (κ1) is 17.3. The normalized spacial score (nSPS) is 25.3. The molecule has 2 unspecified atom stereocenters. The fraction of sp³-hybridized carbons (Fsp3) is 0.882. The minimum absolute atomic E-state index is 0.127. The smallest absolute Gasteiger partial charge is 0.305 e. The average Bonchev–Trinajstić information content (AvgIpc) is 2.56. The predicted octanol–water partition coefficient (Wildman–Crippen LogP) is 2.53. The Bertz CT molecular complexity index is 370. The summed E-state index contributed by atoms with van der Waals surface area (Å²) >= 11 is 0. The van der Waals surface area contributed by atoms with E-state index in [4.69, 9.17) is 4.74 Å². The van der Waals surface area contributed by atoms with Crippen LogP contribution in [0.2, 0.25) is 0 Å². The lowest BCUT2D eigenvalue weighted by atomic mass is 9.84. The molecule has 0 spiro atoms. The highest BCUT2D eigenvalue weighted by Crippen LogP contribution is 2.31. The van der Waals surface area contributed by atoms with Crippen molar-refractivity contribution in [2.75, 3.05) is 26.8 Å². The molecule has 0 aromatic carbocycles. The quantitative estimate of drug-likeness (QED) is 0.534. The molecule has 2 aliphatic rings. The van der Waals surface area contributed by atoms with Crippen molar-refractivity contribution in [1.82, 2.24) is 4.90 Å². The Balaban J connectivity index is 1.62. The Morgan fingerprint density at radius 2 is 1.73 bits per heavy atom. The van der Waals surface area contributed by atoms with Crippen molar-refractivity contribution in [3.63, 3.8) is 0 Å². The number of hydrogen-bond donors (Lipinski definition) is 0. The number of methoxy groups -OCH3 is 1. The zero-order chi connectivity index (χ0) is 15.8. The van der Waals surface area contributed by atoms with Crippen LogP contribution in [0.3, 0.4) is 0 Å². The van der Waals surface area contributed by atoms with Crippen molar-refractivity contribution < 1.29 is 19.1 Å². The third-order valence-corrected chi connectivity index (χ3v) is 4.93. The van der Waals surface area contributed by atoms with Gasteiger partial charge in [0.2, 0.25) is 0 Å². The zero-order valence-electron chi connectivity index (χ0n) is 13.7. The third-order valence-electron chi connectivity index (χ3n) is 4.93. The highest BCUT2D eigenvalue weighted by Gasteiger charge is 2.33. The largest absolute Gasteiger partial charge is 0.469 e. The maximum absolute atomic E-state index is 11.8. The van der Waals surface area contributed by atoms with E-state index < -0.39 is 0 Å². The Kier molecular flexibility index (Phi) is 7.16. The van der Waals surface area contributed by atoms with Gasteiger partial charge in [-0.2, -0.15) is 0 Å². The van der Waals surface area contributed by atoms with Gasteiger partial charge < -0.3 is 9.47 Å². The molecular weight excluding hydrogens is 282 g/mol. The SMILES string of the molecule is COC(=O)CCCCC(=O)OCC1CCCN2CCCCC12. The predicted molar refractivity (Wildman–Crippen MR) is 83.4 cm³/mol. The lowest BCUT2D eigenvalue weighted by Gasteiger charge is -2.44. The first-order valence-electron chi connectivity index (χ1n) is 8.67. The monoisotopic (exact) mass is 311 g/mol. The molecule has 2 rings (SSSR count). The summed E-state index contributed by atoms with van der Waals surface area (Å²) < 4.78 is 10.1. The molecule has 0 aliphatic carbocycles. The van der Waals surface area contributed by atoms with Crippen molar-refractivity contribution in [3.8, 4) is 0 Å². The van der Waals surface area contributed by atoms with E-state index in [1.165, 1.54) is 52.3 Å². The second-order valence-corrected chi connectivity index (χ2v) is 6.47. The van der Waals surface area contributed by atoms with Crippen LogP contribution in [-0.2, 0) is 19.1 Å². The summed E-state index contributed by atoms with van der Waals surface area (Å²) in [5, 5.41) is 0. The van der Waals surface area contributed by atoms with Gasteiger partial charge >= 0.3 is 11.9 Å². The van der Waals surface area contributed by atoms with Gasteiger partial charge in [0, 0.05) is 24.8 Å². The van der Waals surface area contributed by atoms with Crippen LogP contribution in [0.25, 0.3) is 0 Å². The van der Waals surface area contributed by atoms with Gasteiger partial charge in [0.15, 0.2) is 0 Å². The van der Waals surface area contributed by atoms with E-state index in [-0.39, 0.29) is 11.9 Å². The molecule has 2 atom stereocenters. The van der Waals surface area contributed by atoms with Crippen molar-refractivity contribution in [1.29, 1.82) is 0 Å². The molecule has 2 saturated heterocycles. The van der Waals surface area contributed by atoms with Gasteiger partial charge in [0.05, 0.1) is 13.7 Å². The Morgan fingerprint density at radius 1 is 1.00 bits per heavy atom. The molecule has 0 amide bonds. The first-order valence-corrected chi connectivity index (χ1v) is 8.67. The number of carbonyl (C=O) groups excluding carboxylic acids is 2. The molecule has 0 aromatic heterocycles. The van der Waals surface area contributed by atoms with E-state index in [1.54, 1.807) is 0 Å². The topological polar surface area (TPSA) is 55.8 Å². The van der Waals surface area contributed by atoms with E-state index in [0.717, 1.165) is 0 Å². The second kappa shape index (κ2) is 9.13. The number of hydrogen-bond acceptors (Lipinski definition) is 5. The minimum atomic E-state index is -0.215. The van der Waals surface area contributed by atoms with Crippen LogP contribution in [0.5, 0.6) is 0 Å². The molecule has 5 heteroatoms. The van der Waals surface area contributed by atoms with Gasteiger partial charge in [0.1, 0.15) is 0 Å². The van der Waals surface area contributed by atoms with E-state index >= 15 is 0 Å². The zero-order valence-corrected chi connectivity index (χ0v) is 13.7. The van der Waals surface area contributed by atoms with Gasteiger partial charge in [-0.3, -0.25) is 14.5 Å². The number of fused-ring (bicyclic) bond motifs is 1.